The van der Waals surface area contributed by atoms with Crippen LogP contribution >= 0.6 is 0 Å². The fourth-order valence-electron chi connectivity index (χ4n) is 2.59. The average Bonchev–Trinajstić information content (AvgIpc) is 3.31. The molecule has 3 rings (SSSR count). The first kappa shape index (κ1) is 14.6. The van der Waals surface area contributed by atoms with Crippen molar-refractivity contribution in [2.24, 2.45) is 5.92 Å². The fourth-order valence-corrected chi connectivity index (χ4v) is 2.59. The van der Waals surface area contributed by atoms with Gasteiger partial charge in [0.15, 0.2) is 0 Å². The van der Waals surface area contributed by atoms with Gasteiger partial charge in [0.1, 0.15) is 0 Å². The molecule has 2 aromatic rings. The number of H-pyrrole nitrogens is 2. The Kier molecular flexibility index (Phi) is 3.83. The summed E-state index contributed by atoms with van der Waals surface area (Å²) < 4.78 is 0. The minimum Gasteiger partial charge on any atom is -0.338 e. The van der Waals surface area contributed by atoms with E-state index in [9.17, 15) is 14.4 Å². The molecule has 0 radical (unpaired) electrons. The molecule has 0 bridgehead atoms. The molecular weight excluding hydrogens is 282 g/mol. The van der Waals surface area contributed by atoms with E-state index >= 15 is 0 Å². The molecule has 1 aromatic carbocycles. The largest absolute Gasteiger partial charge is 0.338 e. The van der Waals surface area contributed by atoms with Crippen molar-refractivity contribution in [2.45, 2.75) is 26.2 Å². The maximum absolute atomic E-state index is 12.7. The third-order valence-electron chi connectivity index (χ3n) is 3.93. The van der Waals surface area contributed by atoms with E-state index in [1.807, 2.05) is 4.90 Å². The number of carbonyl (C=O) groups excluding carboxylic acids is 1. The van der Waals surface area contributed by atoms with Gasteiger partial charge in [0.05, 0.1) is 11.0 Å². The van der Waals surface area contributed by atoms with E-state index in [1.54, 1.807) is 18.2 Å². The normalized spacial score (nSPS) is 14.2. The minimum absolute atomic E-state index is 0.0253. The van der Waals surface area contributed by atoms with Gasteiger partial charge in [0.2, 0.25) is 0 Å². The van der Waals surface area contributed by atoms with Gasteiger partial charge in [-0.1, -0.05) is 6.92 Å². The van der Waals surface area contributed by atoms with E-state index < -0.39 is 11.1 Å². The van der Waals surface area contributed by atoms with Crippen molar-refractivity contribution in [3.63, 3.8) is 0 Å². The molecule has 1 aliphatic rings. The second-order valence-electron chi connectivity index (χ2n) is 5.86. The summed E-state index contributed by atoms with van der Waals surface area (Å²) in [5.74, 6) is 0.606. The SMILES string of the molecule is CCCN(CC1CC1)C(=O)c1ccc2[nH]c(=O)c(=O)[nH]c2c1. The van der Waals surface area contributed by atoms with Gasteiger partial charge in [0.25, 0.3) is 5.91 Å². The van der Waals surface area contributed by atoms with Gasteiger partial charge >= 0.3 is 11.1 Å². The van der Waals surface area contributed by atoms with E-state index in [2.05, 4.69) is 16.9 Å². The Balaban J connectivity index is 1.93. The third kappa shape index (κ3) is 2.95. The lowest BCUT2D eigenvalue weighted by Crippen LogP contribution is -2.34. The molecule has 1 fully saturated rings. The van der Waals surface area contributed by atoms with Crippen LogP contribution < -0.4 is 11.1 Å². The highest BCUT2D eigenvalue weighted by molar-refractivity contribution is 5.97. The van der Waals surface area contributed by atoms with Gasteiger partial charge in [-0.2, -0.15) is 0 Å². The number of aromatic amines is 2. The number of amides is 1. The van der Waals surface area contributed by atoms with Gasteiger partial charge in [-0.15, -0.1) is 0 Å². The van der Waals surface area contributed by atoms with Gasteiger partial charge in [-0.3, -0.25) is 14.4 Å². The highest BCUT2D eigenvalue weighted by Crippen LogP contribution is 2.30. The molecule has 1 saturated carbocycles. The summed E-state index contributed by atoms with van der Waals surface area (Å²) in [6.45, 7) is 3.58. The predicted molar refractivity (Wildman–Crippen MR) is 84.1 cm³/mol. The first-order chi connectivity index (χ1) is 10.6. The molecule has 6 nitrogen and oxygen atoms in total. The lowest BCUT2D eigenvalue weighted by atomic mass is 10.1. The molecule has 6 heteroatoms. The van der Waals surface area contributed by atoms with Crippen molar-refractivity contribution in [1.29, 1.82) is 0 Å². The molecule has 1 amide bonds. The van der Waals surface area contributed by atoms with Crippen molar-refractivity contribution in [3.05, 3.63) is 44.5 Å². The summed E-state index contributed by atoms with van der Waals surface area (Å²) in [5.41, 5.74) is 0.126. The predicted octanol–water partition coefficient (Wildman–Crippen LogP) is 1.48. The van der Waals surface area contributed by atoms with Crippen molar-refractivity contribution in [3.8, 4) is 0 Å². The molecule has 0 spiro atoms. The highest BCUT2D eigenvalue weighted by atomic mass is 16.2. The van der Waals surface area contributed by atoms with E-state index in [4.69, 9.17) is 0 Å². The quantitative estimate of drug-likeness (QED) is 0.820. The average molecular weight is 301 g/mol. The topological polar surface area (TPSA) is 86.0 Å². The Hall–Kier alpha value is -2.37. The van der Waals surface area contributed by atoms with E-state index in [0.717, 1.165) is 19.5 Å². The summed E-state index contributed by atoms with van der Waals surface area (Å²) in [4.78, 5) is 42.2. The van der Waals surface area contributed by atoms with Crippen molar-refractivity contribution in [2.75, 3.05) is 13.1 Å². The molecule has 0 saturated heterocycles. The smallest absolute Gasteiger partial charge is 0.314 e. The van der Waals surface area contributed by atoms with E-state index in [1.165, 1.54) is 12.8 Å². The lowest BCUT2D eigenvalue weighted by Gasteiger charge is -2.22. The van der Waals surface area contributed by atoms with Crippen LogP contribution in [0, 0.1) is 5.92 Å². The van der Waals surface area contributed by atoms with Crippen LogP contribution in [0.15, 0.2) is 27.8 Å². The highest BCUT2D eigenvalue weighted by Gasteiger charge is 2.26. The molecule has 2 N–H and O–H groups in total. The van der Waals surface area contributed by atoms with E-state index in [0.29, 0.717) is 22.5 Å². The van der Waals surface area contributed by atoms with Crippen LogP contribution in [0.4, 0.5) is 0 Å². The van der Waals surface area contributed by atoms with Crippen LogP contribution in [0.3, 0.4) is 0 Å². The van der Waals surface area contributed by atoms with Crippen LogP contribution in [-0.2, 0) is 0 Å². The zero-order valence-electron chi connectivity index (χ0n) is 12.5. The summed E-state index contributed by atoms with van der Waals surface area (Å²) in [6, 6.07) is 4.97. The van der Waals surface area contributed by atoms with Crippen molar-refractivity contribution >= 4 is 16.9 Å². The summed E-state index contributed by atoms with van der Waals surface area (Å²) in [7, 11) is 0. The number of nitrogens with zero attached hydrogens (tertiary/aromatic N) is 1. The Morgan fingerprint density at radius 3 is 2.50 bits per heavy atom. The summed E-state index contributed by atoms with van der Waals surface area (Å²) >= 11 is 0. The zero-order chi connectivity index (χ0) is 15.7. The van der Waals surface area contributed by atoms with Crippen LogP contribution in [0.25, 0.3) is 11.0 Å². The summed E-state index contributed by atoms with van der Waals surface area (Å²) in [5, 5.41) is 0. The minimum atomic E-state index is -0.708. The first-order valence-electron chi connectivity index (χ1n) is 7.64. The molecule has 0 unspecified atom stereocenters. The fraction of sp³-hybridized carbons (Fsp3) is 0.438. The summed E-state index contributed by atoms with van der Waals surface area (Å²) in [6.07, 6.45) is 3.30. The standard InChI is InChI=1S/C16H19N3O3/c1-2-7-19(9-10-3-4-10)16(22)11-5-6-12-13(8-11)18-15(21)14(20)17-12/h5-6,8,10H,2-4,7,9H2,1H3,(H,17,20)(H,18,21). The first-order valence-corrected chi connectivity index (χ1v) is 7.64. The van der Waals surface area contributed by atoms with Crippen LogP contribution in [0.1, 0.15) is 36.5 Å². The molecule has 116 valence electrons. The van der Waals surface area contributed by atoms with Crippen LogP contribution in [0.2, 0.25) is 0 Å². The lowest BCUT2D eigenvalue weighted by molar-refractivity contribution is 0.0748. The Labute approximate surface area is 127 Å². The molecule has 22 heavy (non-hydrogen) atoms. The molecule has 1 heterocycles. The Bertz CT molecular complexity index is 817. The maximum Gasteiger partial charge on any atom is 0.314 e. The molecule has 0 atom stereocenters. The molecular formula is C16H19N3O3. The number of carbonyl (C=O) groups is 1. The second-order valence-corrected chi connectivity index (χ2v) is 5.86. The monoisotopic (exact) mass is 301 g/mol. The van der Waals surface area contributed by atoms with E-state index in [-0.39, 0.29) is 5.91 Å². The van der Waals surface area contributed by atoms with Gasteiger partial charge < -0.3 is 14.9 Å². The second kappa shape index (κ2) is 5.79. The third-order valence-corrected chi connectivity index (χ3v) is 3.93. The van der Waals surface area contributed by atoms with Crippen molar-refractivity contribution < 1.29 is 4.79 Å². The van der Waals surface area contributed by atoms with Gasteiger partial charge in [-0.05, 0) is 43.4 Å². The number of hydrogen-bond acceptors (Lipinski definition) is 3. The van der Waals surface area contributed by atoms with Crippen LogP contribution in [-0.4, -0.2) is 33.9 Å². The van der Waals surface area contributed by atoms with Crippen LogP contribution in [0.5, 0.6) is 0 Å². The van der Waals surface area contributed by atoms with Gasteiger partial charge in [-0.25, -0.2) is 0 Å². The Morgan fingerprint density at radius 1 is 1.18 bits per heavy atom. The number of benzene rings is 1. The number of aromatic nitrogens is 2. The molecule has 0 aliphatic heterocycles. The number of fused-ring (bicyclic) bond motifs is 1. The molecule has 1 aliphatic carbocycles. The zero-order valence-corrected chi connectivity index (χ0v) is 12.5. The van der Waals surface area contributed by atoms with Crippen molar-refractivity contribution in [1.82, 2.24) is 14.9 Å². The molecule has 1 aromatic heterocycles. The number of rotatable bonds is 5. The maximum atomic E-state index is 12.7. The number of hydrogen-bond donors (Lipinski definition) is 2. The van der Waals surface area contributed by atoms with Gasteiger partial charge in [0, 0.05) is 18.7 Å². The number of nitrogens with one attached hydrogen (secondary N) is 2. The Morgan fingerprint density at radius 2 is 1.86 bits per heavy atom.